The second-order valence-corrected chi connectivity index (χ2v) is 4.78. The molecule has 0 aliphatic rings. The van der Waals surface area contributed by atoms with E-state index in [0.717, 1.165) is 0 Å². The fourth-order valence-corrected chi connectivity index (χ4v) is 1.17. The van der Waals surface area contributed by atoms with Gasteiger partial charge in [0, 0.05) is 0 Å². The van der Waals surface area contributed by atoms with Crippen molar-refractivity contribution in [3.05, 3.63) is 0 Å². The second-order valence-electron chi connectivity index (χ2n) is 4.78. The number of halogens is 15. The standard InChI is InChI=1S/C10H5F15O5/c1-27-3(26)28-2-4(11,12)29-10(24,25)6(15,8(19,20)21)30-9(22,23)5(13,14)7(16,17)18/h2H2,1H3. The van der Waals surface area contributed by atoms with E-state index in [4.69, 9.17) is 0 Å². The predicted octanol–water partition coefficient (Wildman–Crippen LogP) is 5.01. The average Bonchev–Trinajstić information content (AvgIpc) is 2.48. The highest BCUT2D eigenvalue weighted by Gasteiger charge is 2.84. The lowest BCUT2D eigenvalue weighted by Crippen LogP contribution is -2.66. The first-order valence-electron chi connectivity index (χ1n) is 6.31. The molecule has 0 aromatic rings. The number of carbonyl (C=O) groups is 1. The summed E-state index contributed by atoms with van der Waals surface area (Å²) in [7, 11) is 0.447. The van der Waals surface area contributed by atoms with Gasteiger partial charge in [0.15, 0.2) is 6.61 Å². The molecule has 0 heterocycles. The smallest absolute Gasteiger partial charge is 0.438 e. The number of rotatable bonds is 8. The van der Waals surface area contributed by atoms with Crippen LogP contribution in [-0.2, 0) is 18.9 Å². The zero-order chi connectivity index (χ0) is 24.6. The number of carbonyl (C=O) groups excluding carboxylic acids is 1. The molecule has 20 heteroatoms. The highest BCUT2D eigenvalue weighted by Crippen LogP contribution is 2.55. The zero-order valence-corrected chi connectivity index (χ0v) is 13.4. The molecule has 0 rings (SSSR count). The van der Waals surface area contributed by atoms with Crippen molar-refractivity contribution in [1.82, 2.24) is 0 Å². The van der Waals surface area contributed by atoms with Crippen LogP contribution in [0.5, 0.6) is 0 Å². The van der Waals surface area contributed by atoms with Crippen LogP contribution in [-0.4, -0.2) is 62.3 Å². The minimum atomic E-state index is -7.72. The van der Waals surface area contributed by atoms with Crippen LogP contribution in [0.25, 0.3) is 0 Å². The molecule has 0 N–H and O–H groups in total. The molecule has 0 radical (unpaired) electrons. The van der Waals surface area contributed by atoms with Crippen molar-refractivity contribution in [2.45, 2.75) is 42.5 Å². The number of methoxy groups -OCH3 is 1. The van der Waals surface area contributed by atoms with Crippen molar-refractivity contribution in [1.29, 1.82) is 0 Å². The highest BCUT2D eigenvalue weighted by molar-refractivity contribution is 5.59. The maximum atomic E-state index is 13.6. The van der Waals surface area contributed by atoms with Crippen molar-refractivity contribution in [3.8, 4) is 0 Å². The Morgan fingerprint density at radius 3 is 1.43 bits per heavy atom. The van der Waals surface area contributed by atoms with Gasteiger partial charge >= 0.3 is 48.6 Å². The average molecular weight is 490 g/mol. The normalized spacial score (nSPS) is 16.8. The van der Waals surface area contributed by atoms with Gasteiger partial charge in [-0.1, -0.05) is 0 Å². The van der Waals surface area contributed by atoms with Crippen molar-refractivity contribution in [2.24, 2.45) is 0 Å². The zero-order valence-electron chi connectivity index (χ0n) is 13.4. The van der Waals surface area contributed by atoms with E-state index in [1.807, 2.05) is 4.74 Å². The van der Waals surface area contributed by atoms with E-state index in [-0.39, 0.29) is 0 Å². The van der Waals surface area contributed by atoms with E-state index in [9.17, 15) is 70.7 Å². The fourth-order valence-electron chi connectivity index (χ4n) is 1.17. The molecule has 1 atom stereocenters. The van der Waals surface area contributed by atoms with Crippen molar-refractivity contribution < 1.29 is 89.6 Å². The molecule has 0 saturated heterocycles. The summed E-state index contributed by atoms with van der Waals surface area (Å²) in [6.07, 6.45) is -38.2. The minimum absolute atomic E-state index is 0.447. The van der Waals surface area contributed by atoms with Gasteiger partial charge in [-0.2, -0.15) is 65.9 Å². The third-order valence-electron chi connectivity index (χ3n) is 2.53. The summed E-state index contributed by atoms with van der Waals surface area (Å²) in [5.41, 5.74) is 0. The van der Waals surface area contributed by atoms with Crippen LogP contribution in [0.3, 0.4) is 0 Å². The van der Waals surface area contributed by atoms with E-state index < -0.39 is 55.2 Å². The van der Waals surface area contributed by atoms with Gasteiger partial charge in [-0.25, -0.2) is 9.53 Å². The van der Waals surface area contributed by atoms with Crippen LogP contribution in [0.2, 0.25) is 0 Å². The maximum absolute atomic E-state index is 13.6. The summed E-state index contributed by atoms with van der Waals surface area (Å²) in [4.78, 5) is 10.4. The van der Waals surface area contributed by atoms with Gasteiger partial charge in [0.2, 0.25) is 0 Å². The SMILES string of the molecule is COC(=O)OCC(F)(F)OC(F)(F)C(F)(OC(F)(F)C(F)(F)C(F)(F)F)C(F)(F)F. The monoisotopic (exact) mass is 490 g/mol. The fraction of sp³-hybridized carbons (Fsp3) is 0.900. The summed E-state index contributed by atoms with van der Waals surface area (Å²) in [6, 6.07) is 0. The minimum Gasteiger partial charge on any atom is -0.438 e. The molecular weight excluding hydrogens is 485 g/mol. The molecule has 0 amide bonds. The molecule has 0 aliphatic carbocycles. The Balaban J connectivity index is 6.11. The first-order valence-corrected chi connectivity index (χ1v) is 6.31. The third kappa shape index (κ3) is 5.64. The summed E-state index contributed by atoms with van der Waals surface area (Å²) in [5.74, 6) is -15.4. The Hall–Kier alpha value is -1.86. The third-order valence-corrected chi connectivity index (χ3v) is 2.53. The van der Waals surface area contributed by atoms with Crippen molar-refractivity contribution in [2.75, 3.05) is 13.7 Å². The van der Waals surface area contributed by atoms with Crippen LogP contribution in [0.4, 0.5) is 70.7 Å². The molecule has 0 aliphatic heterocycles. The van der Waals surface area contributed by atoms with Gasteiger partial charge in [0.1, 0.15) is 0 Å². The first-order chi connectivity index (χ1) is 12.9. The molecule has 0 spiro atoms. The van der Waals surface area contributed by atoms with Gasteiger partial charge in [-0.3, -0.25) is 4.74 Å². The van der Waals surface area contributed by atoms with Gasteiger partial charge in [0.05, 0.1) is 7.11 Å². The van der Waals surface area contributed by atoms with E-state index in [1.54, 1.807) is 0 Å². The number of alkyl halides is 15. The van der Waals surface area contributed by atoms with Gasteiger partial charge in [0.25, 0.3) is 0 Å². The van der Waals surface area contributed by atoms with E-state index >= 15 is 0 Å². The lowest BCUT2D eigenvalue weighted by molar-refractivity contribution is -0.550. The van der Waals surface area contributed by atoms with Gasteiger partial charge in [-0.05, 0) is 0 Å². The van der Waals surface area contributed by atoms with E-state index in [1.165, 1.54) is 4.74 Å². The first kappa shape index (κ1) is 28.1. The van der Waals surface area contributed by atoms with E-state index in [0.29, 0.717) is 7.11 Å². The number of hydrogen-bond donors (Lipinski definition) is 0. The van der Waals surface area contributed by atoms with Gasteiger partial charge < -0.3 is 9.47 Å². The molecule has 0 bridgehead atoms. The maximum Gasteiger partial charge on any atom is 0.508 e. The van der Waals surface area contributed by atoms with Crippen LogP contribution >= 0.6 is 0 Å². The molecule has 30 heavy (non-hydrogen) atoms. The molecule has 5 nitrogen and oxygen atoms in total. The van der Waals surface area contributed by atoms with Crippen LogP contribution in [0.15, 0.2) is 0 Å². The summed E-state index contributed by atoms with van der Waals surface area (Å²) in [6.45, 7) is -2.78. The Morgan fingerprint density at radius 1 is 0.667 bits per heavy atom. The predicted molar refractivity (Wildman–Crippen MR) is 56.3 cm³/mol. The topological polar surface area (TPSA) is 54.0 Å². The van der Waals surface area contributed by atoms with Crippen molar-refractivity contribution >= 4 is 6.16 Å². The Kier molecular flexibility index (Phi) is 7.51. The van der Waals surface area contributed by atoms with Crippen LogP contribution in [0.1, 0.15) is 0 Å². The lowest BCUT2D eigenvalue weighted by Gasteiger charge is -2.38. The molecule has 1 unspecified atom stereocenters. The summed E-state index contributed by atoms with van der Waals surface area (Å²) >= 11 is 0. The quantitative estimate of drug-likeness (QED) is 0.354. The Bertz CT molecular complexity index is 612. The van der Waals surface area contributed by atoms with Crippen molar-refractivity contribution in [3.63, 3.8) is 0 Å². The Morgan fingerprint density at radius 2 is 1.10 bits per heavy atom. The Labute approximate surface area is 153 Å². The second kappa shape index (κ2) is 8.00. The number of hydrogen-bond acceptors (Lipinski definition) is 5. The molecule has 0 aromatic carbocycles. The molecule has 0 saturated carbocycles. The summed E-state index contributed by atoms with van der Waals surface area (Å²) in [5, 5.41) is 0. The molecule has 0 fully saturated rings. The lowest BCUT2D eigenvalue weighted by atomic mass is 10.2. The summed E-state index contributed by atoms with van der Waals surface area (Å²) < 4.78 is 201. The van der Waals surface area contributed by atoms with Crippen LogP contribution < -0.4 is 0 Å². The van der Waals surface area contributed by atoms with E-state index in [2.05, 4.69) is 9.47 Å². The largest absolute Gasteiger partial charge is 0.508 e. The molecular formula is C10H5F15O5. The van der Waals surface area contributed by atoms with Gasteiger partial charge in [-0.15, -0.1) is 0 Å². The van der Waals surface area contributed by atoms with Crippen LogP contribution in [0, 0.1) is 0 Å². The highest BCUT2D eigenvalue weighted by atomic mass is 19.4. The molecule has 180 valence electrons. The number of ether oxygens (including phenoxy) is 4. The molecule has 0 aromatic heterocycles.